The first kappa shape index (κ1) is 15.9. The highest BCUT2D eigenvalue weighted by Gasteiger charge is 2.21. The summed E-state index contributed by atoms with van der Waals surface area (Å²) >= 11 is 0. The molecule has 4 heterocycles. The van der Waals surface area contributed by atoms with Crippen molar-refractivity contribution >= 4 is 16.9 Å². The number of fused-ring (bicyclic) bond motifs is 1. The number of aromatic nitrogens is 5. The Labute approximate surface area is 145 Å². The van der Waals surface area contributed by atoms with Gasteiger partial charge in [-0.3, -0.25) is 9.67 Å². The van der Waals surface area contributed by atoms with Gasteiger partial charge in [-0.2, -0.15) is 5.10 Å². The van der Waals surface area contributed by atoms with Gasteiger partial charge in [0.15, 0.2) is 11.5 Å². The van der Waals surface area contributed by atoms with Gasteiger partial charge in [0.1, 0.15) is 5.82 Å². The molecular weight excluding hydrogens is 320 g/mol. The first-order valence-electron chi connectivity index (χ1n) is 8.23. The molecule has 1 atom stereocenters. The van der Waals surface area contributed by atoms with Crippen molar-refractivity contribution in [2.75, 3.05) is 38.3 Å². The minimum atomic E-state index is 0.0299. The summed E-state index contributed by atoms with van der Waals surface area (Å²) in [6, 6.07) is 3.83. The molecule has 0 spiro atoms. The summed E-state index contributed by atoms with van der Waals surface area (Å²) in [5, 5.41) is 5.25. The zero-order chi connectivity index (χ0) is 17.2. The molecule has 0 saturated carbocycles. The molecule has 3 aromatic rings. The monoisotopic (exact) mass is 340 g/mol. The first-order chi connectivity index (χ1) is 12.2. The summed E-state index contributed by atoms with van der Waals surface area (Å²) in [6.07, 6.45) is 5.33. The van der Waals surface area contributed by atoms with Crippen molar-refractivity contribution in [3.8, 4) is 11.4 Å². The van der Waals surface area contributed by atoms with Gasteiger partial charge < -0.3 is 14.4 Å². The summed E-state index contributed by atoms with van der Waals surface area (Å²) < 4.78 is 13.0. The van der Waals surface area contributed by atoms with E-state index in [9.17, 15) is 0 Å². The van der Waals surface area contributed by atoms with Crippen molar-refractivity contribution in [1.29, 1.82) is 0 Å². The quantitative estimate of drug-likeness (QED) is 0.708. The van der Waals surface area contributed by atoms with E-state index in [4.69, 9.17) is 14.5 Å². The maximum Gasteiger partial charge on any atom is 0.165 e. The number of rotatable bonds is 4. The van der Waals surface area contributed by atoms with Crippen LogP contribution in [0.15, 0.2) is 30.7 Å². The zero-order valence-corrected chi connectivity index (χ0v) is 14.3. The highest BCUT2D eigenvalue weighted by Crippen LogP contribution is 2.26. The smallest absolute Gasteiger partial charge is 0.165 e. The van der Waals surface area contributed by atoms with Crippen molar-refractivity contribution in [2.45, 2.75) is 6.10 Å². The summed E-state index contributed by atoms with van der Waals surface area (Å²) in [5.41, 5.74) is 1.66. The molecule has 1 aliphatic heterocycles. The molecule has 8 heteroatoms. The van der Waals surface area contributed by atoms with Crippen LogP contribution >= 0.6 is 0 Å². The lowest BCUT2D eigenvalue weighted by Gasteiger charge is -2.28. The molecule has 0 radical (unpaired) electrons. The fraction of sp³-hybridized carbons (Fsp3) is 0.412. The maximum atomic E-state index is 5.76. The van der Waals surface area contributed by atoms with Gasteiger partial charge in [0.2, 0.25) is 0 Å². The summed E-state index contributed by atoms with van der Waals surface area (Å²) in [4.78, 5) is 15.7. The molecule has 1 saturated heterocycles. The fourth-order valence-electron chi connectivity index (χ4n) is 2.96. The number of hydrogen-bond donors (Lipinski definition) is 0. The zero-order valence-electron chi connectivity index (χ0n) is 14.3. The van der Waals surface area contributed by atoms with Crippen LogP contribution in [0, 0.1) is 0 Å². The molecule has 0 N–H and O–H groups in total. The van der Waals surface area contributed by atoms with Crippen LogP contribution in [0.3, 0.4) is 0 Å². The standard InChI is InChI=1S/C17H20N6O2/c1-22(10-13-11-24-6-7-25-13)16-14-9-19-23(2)17(14)21-15(20-16)12-4-3-5-18-8-12/h3-5,8-9,13H,6-7,10-11H2,1-2H3/t13-/m0/s1. The van der Waals surface area contributed by atoms with Gasteiger partial charge >= 0.3 is 0 Å². The Kier molecular flexibility index (Phi) is 4.29. The summed E-state index contributed by atoms with van der Waals surface area (Å²) in [5.74, 6) is 1.46. The number of pyridine rings is 1. The average Bonchev–Trinajstić information content (AvgIpc) is 3.03. The molecule has 0 aliphatic carbocycles. The normalized spacial score (nSPS) is 17.8. The van der Waals surface area contributed by atoms with Crippen LogP contribution in [-0.2, 0) is 16.5 Å². The Morgan fingerprint density at radius 2 is 2.20 bits per heavy atom. The Morgan fingerprint density at radius 3 is 2.96 bits per heavy atom. The lowest BCUT2D eigenvalue weighted by Crippen LogP contribution is -2.38. The van der Waals surface area contributed by atoms with Gasteiger partial charge in [-0.1, -0.05) is 0 Å². The number of ether oxygens (including phenoxy) is 2. The van der Waals surface area contributed by atoms with Crippen molar-refractivity contribution in [1.82, 2.24) is 24.7 Å². The molecule has 4 rings (SSSR count). The molecule has 25 heavy (non-hydrogen) atoms. The predicted octanol–water partition coefficient (Wildman–Crippen LogP) is 1.28. The van der Waals surface area contributed by atoms with Gasteiger partial charge in [0.05, 0.1) is 37.5 Å². The van der Waals surface area contributed by atoms with E-state index in [1.165, 1.54) is 0 Å². The highest BCUT2D eigenvalue weighted by atomic mass is 16.6. The summed E-state index contributed by atoms with van der Waals surface area (Å²) in [7, 11) is 3.88. The lowest BCUT2D eigenvalue weighted by molar-refractivity contribution is -0.0837. The van der Waals surface area contributed by atoms with E-state index in [0.717, 1.165) is 22.4 Å². The highest BCUT2D eigenvalue weighted by molar-refractivity contribution is 5.88. The number of anilines is 1. The van der Waals surface area contributed by atoms with Crippen LogP contribution in [0.1, 0.15) is 0 Å². The fourth-order valence-corrected chi connectivity index (χ4v) is 2.96. The van der Waals surface area contributed by atoms with Crippen molar-refractivity contribution in [3.63, 3.8) is 0 Å². The SMILES string of the molecule is CN(C[C@H]1COCCO1)c1nc(-c2cccnc2)nc2c1cnn2C. The van der Waals surface area contributed by atoms with E-state index in [2.05, 4.69) is 20.0 Å². The third-order valence-corrected chi connectivity index (χ3v) is 4.22. The minimum Gasteiger partial charge on any atom is -0.376 e. The third-order valence-electron chi connectivity index (χ3n) is 4.22. The topological polar surface area (TPSA) is 78.2 Å². The molecule has 8 nitrogen and oxygen atoms in total. The number of nitrogens with zero attached hydrogens (tertiary/aromatic N) is 6. The molecule has 0 bridgehead atoms. The van der Waals surface area contributed by atoms with E-state index in [0.29, 0.717) is 32.2 Å². The Morgan fingerprint density at radius 1 is 1.28 bits per heavy atom. The molecule has 1 aliphatic rings. The first-order valence-corrected chi connectivity index (χ1v) is 8.23. The maximum absolute atomic E-state index is 5.76. The average molecular weight is 340 g/mol. The number of hydrogen-bond acceptors (Lipinski definition) is 7. The Hall–Kier alpha value is -2.58. The minimum absolute atomic E-state index is 0.0299. The van der Waals surface area contributed by atoms with Crippen LogP contribution in [0.25, 0.3) is 22.4 Å². The predicted molar refractivity (Wildman–Crippen MR) is 93.4 cm³/mol. The number of aryl methyl sites for hydroxylation is 1. The van der Waals surface area contributed by atoms with Crippen LogP contribution in [-0.4, -0.2) is 64.2 Å². The van der Waals surface area contributed by atoms with E-state index in [1.54, 1.807) is 23.3 Å². The molecule has 130 valence electrons. The Balaban J connectivity index is 1.73. The van der Waals surface area contributed by atoms with Crippen LogP contribution in [0.2, 0.25) is 0 Å². The second kappa shape index (κ2) is 6.73. The van der Waals surface area contributed by atoms with E-state index < -0.39 is 0 Å². The molecular formula is C17H20N6O2. The van der Waals surface area contributed by atoms with Crippen molar-refractivity contribution in [2.24, 2.45) is 7.05 Å². The second-order valence-electron chi connectivity index (χ2n) is 6.07. The van der Waals surface area contributed by atoms with Crippen LogP contribution in [0.4, 0.5) is 5.82 Å². The van der Waals surface area contributed by atoms with Crippen LogP contribution in [0.5, 0.6) is 0 Å². The van der Waals surface area contributed by atoms with Crippen molar-refractivity contribution in [3.05, 3.63) is 30.7 Å². The van der Waals surface area contributed by atoms with Gasteiger partial charge in [-0.25, -0.2) is 9.97 Å². The lowest BCUT2D eigenvalue weighted by atomic mass is 10.2. The Bertz CT molecular complexity index is 860. The van der Waals surface area contributed by atoms with Gasteiger partial charge in [-0.15, -0.1) is 0 Å². The van der Waals surface area contributed by atoms with Crippen LogP contribution < -0.4 is 4.90 Å². The second-order valence-corrected chi connectivity index (χ2v) is 6.07. The number of likely N-dealkylation sites (N-methyl/N-ethyl adjacent to an activating group) is 1. The largest absolute Gasteiger partial charge is 0.376 e. The summed E-state index contributed by atoms with van der Waals surface area (Å²) in [6.45, 7) is 2.58. The van der Waals surface area contributed by atoms with E-state index in [1.807, 2.05) is 26.2 Å². The van der Waals surface area contributed by atoms with Gasteiger partial charge in [-0.05, 0) is 12.1 Å². The molecule has 0 amide bonds. The molecule has 3 aromatic heterocycles. The van der Waals surface area contributed by atoms with Gasteiger partial charge in [0, 0.05) is 38.6 Å². The third kappa shape index (κ3) is 3.18. The van der Waals surface area contributed by atoms with Gasteiger partial charge in [0.25, 0.3) is 0 Å². The van der Waals surface area contributed by atoms with Crippen molar-refractivity contribution < 1.29 is 9.47 Å². The van der Waals surface area contributed by atoms with E-state index >= 15 is 0 Å². The molecule has 1 fully saturated rings. The molecule has 0 unspecified atom stereocenters. The van der Waals surface area contributed by atoms with E-state index in [-0.39, 0.29) is 6.10 Å². The molecule has 0 aromatic carbocycles.